The zero-order valence-corrected chi connectivity index (χ0v) is 6.72. The number of allylic oxidation sites excluding steroid dienone is 2. The van der Waals surface area contributed by atoms with Gasteiger partial charge in [-0.25, -0.2) is 4.79 Å². The molecule has 0 unspecified atom stereocenters. The minimum Gasteiger partial charge on any atom is -0.466 e. The second-order valence-electron chi connectivity index (χ2n) is 2.55. The van der Waals surface area contributed by atoms with Crippen molar-refractivity contribution < 1.29 is 9.53 Å². The topological polar surface area (TPSA) is 26.3 Å². The van der Waals surface area contributed by atoms with E-state index in [0.717, 1.165) is 30.4 Å². The summed E-state index contributed by atoms with van der Waals surface area (Å²) in [5.41, 5.74) is 1.86. The molecule has 0 heterocycles. The van der Waals surface area contributed by atoms with Gasteiger partial charge in [0.15, 0.2) is 0 Å². The molecule has 1 aliphatic rings. The normalized spacial score (nSPS) is 16.8. The highest BCUT2D eigenvalue weighted by Gasteiger charge is 2.18. The summed E-state index contributed by atoms with van der Waals surface area (Å²) in [4.78, 5) is 11.1. The van der Waals surface area contributed by atoms with Crippen LogP contribution in [0.1, 0.15) is 19.3 Å². The van der Waals surface area contributed by atoms with Crippen LogP contribution < -0.4 is 0 Å². The molecule has 0 N–H and O–H groups in total. The molecular formula is C9H12O2. The Hall–Kier alpha value is -1.05. The standard InChI is InChI=1S/C9H12O2/c1-3-7-5-4-6-8(7)9(10)11-2/h3H,1,4-6H2,2H3. The van der Waals surface area contributed by atoms with Gasteiger partial charge in [0.25, 0.3) is 0 Å². The SMILES string of the molecule is C=CC1=C(C(=O)OC)CCC1. The van der Waals surface area contributed by atoms with E-state index < -0.39 is 0 Å². The van der Waals surface area contributed by atoms with Crippen molar-refractivity contribution in [2.45, 2.75) is 19.3 Å². The lowest BCUT2D eigenvalue weighted by molar-refractivity contribution is -0.136. The van der Waals surface area contributed by atoms with E-state index in [9.17, 15) is 4.79 Å². The zero-order valence-electron chi connectivity index (χ0n) is 6.72. The third kappa shape index (κ3) is 1.50. The summed E-state index contributed by atoms with van der Waals surface area (Å²) < 4.78 is 4.62. The zero-order chi connectivity index (χ0) is 8.27. The fraction of sp³-hybridized carbons (Fsp3) is 0.444. The Morgan fingerprint density at radius 2 is 2.36 bits per heavy atom. The maximum atomic E-state index is 11.1. The van der Waals surface area contributed by atoms with Gasteiger partial charge in [-0.1, -0.05) is 12.7 Å². The molecule has 1 rings (SSSR count). The number of hydrogen-bond donors (Lipinski definition) is 0. The maximum Gasteiger partial charge on any atom is 0.333 e. The molecule has 0 spiro atoms. The lowest BCUT2D eigenvalue weighted by Gasteiger charge is -1.99. The van der Waals surface area contributed by atoms with Gasteiger partial charge in [0, 0.05) is 5.57 Å². The van der Waals surface area contributed by atoms with Crippen molar-refractivity contribution in [2.75, 3.05) is 7.11 Å². The van der Waals surface area contributed by atoms with Crippen LogP contribution in [-0.4, -0.2) is 13.1 Å². The highest BCUT2D eigenvalue weighted by atomic mass is 16.5. The average molecular weight is 152 g/mol. The lowest BCUT2D eigenvalue weighted by atomic mass is 10.1. The van der Waals surface area contributed by atoms with Crippen LogP contribution in [0.15, 0.2) is 23.8 Å². The van der Waals surface area contributed by atoms with Crippen LogP contribution in [0.25, 0.3) is 0 Å². The summed E-state index contributed by atoms with van der Waals surface area (Å²) >= 11 is 0. The second kappa shape index (κ2) is 3.37. The fourth-order valence-electron chi connectivity index (χ4n) is 1.35. The third-order valence-electron chi connectivity index (χ3n) is 1.94. The number of hydrogen-bond acceptors (Lipinski definition) is 2. The molecule has 0 saturated heterocycles. The number of ether oxygens (including phenoxy) is 1. The molecule has 0 aromatic heterocycles. The smallest absolute Gasteiger partial charge is 0.333 e. The van der Waals surface area contributed by atoms with Crippen molar-refractivity contribution >= 4 is 5.97 Å². The van der Waals surface area contributed by atoms with Crippen LogP contribution in [-0.2, 0) is 9.53 Å². The Morgan fingerprint density at radius 1 is 1.64 bits per heavy atom. The van der Waals surface area contributed by atoms with E-state index in [1.54, 1.807) is 6.08 Å². The molecule has 0 aromatic carbocycles. The van der Waals surface area contributed by atoms with E-state index in [4.69, 9.17) is 0 Å². The van der Waals surface area contributed by atoms with E-state index >= 15 is 0 Å². The predicted octanol–water partition coefficient (Wildman–Crippen LogP) is 1.83. The molecule has 0 aromatic rings. The predicted molar refractivity (Wildman–Crippen MR) is 43.1 cm³/mol. The Bertz CT molecular complexity index is 214. The van der Waals surface area contributed by atoms with Crippen LogP contribution in [0.5, 0.6) is 0 Å². The first-order chi connectivity index (χ1) is 5.29. The van der Waals surface area contributed by atoms with Gasteiger partial charge < -0.3 is 4.74 Å². The highest BCUT2D eigenvalue weighted by Crippen LogP contribution is 2.27. The van der Waals surface area contributed by atoms with Gasteiger partial charge in [-0.3, -0.25) is 0 Å². The quantitative estimate of drug-likeness (QED) is 0.564. The van der Waals surface area contributed by atoms with Crippen LogP contribution in [0.2, 0.25) is 0 Å². The van der Waals surface area contributed by atoms with Crippen molar-refractivity contribution in [3.63, 3.8) is 0 Å². The first-order valence-corrected chi connectivity index (χ1v) is 3.72. The Morgan fingerprint density at radius 3 is 2.91 bits per heavy atom. The molecule has 11 heavy (non-hydrogen) atoms. The molecule has 2 nitrogen and oxygen atoms in total. The molecule has 0 saturated carbocycles. The summed E-state index contributed by atoms with van der Waals surface area (Å²) in [6.45, 7) is 3.64. The monoisotopic (exact) mass is 152 g/mol. The van der Waals surface area contributed by atoms with Gasteiger partial charge in [-0.05, 0) is 24.8 Å². The molecule has 0 atom stereocenters. The number of carbonyl (C=O) groups excluding carboxylic acids is 1. The van der Waals surface area contributed by atoms with Crippen LogP contribution in [0, 0.1) is 0 Å². The van der Waals surface area contributed by atoms with E-state index in [-0.39, 0.29) is 5.97 Å². The summed E-state index contributed by atoms with van der Waals surface area (Å²) in [5, 5.41) is 0. The number of methoxy groups -OCH3 is 1. The van der Waals surface area contributed by atoms with Crippen molar-refractivity contribution in [2.24, 2.45) is 0 Å². The summed E-state index contributed by atoms with van der Waals surface area (Å²) in [5.74, 6) is -0.197. The van der Waals surface area contributed by atoms with Crippen LogP contribution >= 0.6 is 0 Å². The van der Waals surface area contributed by atoms with Gasteiger partial charge in [0.1, 0.15) is 0 Å². The number of rotatable bonds is 2. The minimum absolute atomic E-state index is 0.197. The third-order valence-corrected chi connectivity index (χ3v) is 1.94. The maximum absolute atomic E-state index is 11.1. The van der Waals surface area contributed by atoms with E-state index in [2.05, 4.69) is 11.3 Å². The van der Waals surface area contributed by atoms with E-state index in [1.807, 2.05) is 0 Å². The minimum atomic E-state index is -0.197. The van der Waals surface area contributed by atoms with Crippen LogP contribution in [0.3, 0.4) is 0 Å². The van der Waals surface area contributed by atoms with E-state index in [0.29, 0.717) is 0 Å². The molecule has 1 aliphatic carbocycles. The van der Waals surface area contributed by atoms with Gasteiger partial charge in [-0.15, -0.1) is 0 Å². The average Bonchev–Trinajstić information content (AvgIpc) is 2.50. The molecule has 0 fully saturated rings. The molecular weight excluding hydrogens is 140 g/mol. The molecule has 0 radical (unpaired) electrons. The van der Waals surface area contributed by atoms with Crippen molar-refractivity contribution in [3.8, 4) is 0 Å². The molecule has 60 valence electrons. The van der Waals surface area contributed by atoms with Crippen molar-refractivity contribution in [1.29, 1.82) is 0 Å². The summed E-state index contributed by atoms with van der Waals surface area (Å²) in [7, 11) is 1.41. The first kappa shape index (κ1) is 8.05. The number of carbonyl (C=O) groups is 1. The fourth-order valence-corrected chi connectivity index (χ4v) is 1.35. The Labute approximate surface area is 66.5 Å². The van der Waals surface area contributed by atoms with Crippen molar-refractivity contribution in [1.82, 2.24) is 0 Å². The largest absolute Gasteiger partial charge is 0.466 e. The van der Waals surface area contributed by atoms with Gasteiger partial charge >= 0.3 is 5.97 Å². The lowest BCUT2D eigenvalue weighted by Crippen LogP contribution is -2.03. The summed E-state index contributed by atoms with van der Waals surface area (Å²) in [6, 6.07) is 0. The Kier molecular flexibility index (Phi) is 2.47. The van der Waals surface area contributed by atoms with Gasteiger partial charge in [0.05, 0.1) is 7.11 Å². The van der Waals surface area contributed by atoms with Crippen LogP contribution in [0.4, 0.5) is 0 Å². The van der Waals surface area contributed by atoms with Crippen molar-refractivity contribution in [3.05, 3.63) is 23.8 Å². The van der Waals surface area contributed by atoms with Gasteiger partial charge in [0.2, 0.25) is 0 Å². The van der Waals surface area contributed by atoms with E-state index in [1.165, 1.54) is 7.11 Å². The molecule has 0 amide bonds. The number of esters is 1. The Balaban J connectivity index is 2.82. The first-order valence-electron chi connectivity index (χ1n) is 3.72. The summed E-state index contributed by atoms with van der Waals surface area (Å²) in [6.07, 6.45) is 4.60. The second-order valence-corrected chi connectivity index (χ2v) is 2.55. The molecule has 2 heteroatoms. The molecule has 0 bridgehead atoms. The molecule has 0 aliphatic heterocycles. The van der Waals surface area contributed by atoms with Gasteiger partial charge in [-0.2, -0.15) is 0 Å². The highest BCUT2D eigenvalue weighted by molar-refractivity contribution is 5.90.